The number of benzene rings is 1. The van der Waals surface area contributed by atoms with Crippen LogP contribution >= 0.6 is 15.9 Å². The Balaban J connectivity index is 0.000000362. The van der Waals surface area contributed by atoms with Gasteiger partial charge in [0.15, 0.2) is 0 Å². The van der Waals surface area contributed by atoms with Crippen molar-refractivity contribution in [3.63, 3.8) is 0 Å². The van der Waals surface area contributed by atoms with Gasteiger partial charge in [0.1, 0.15) is 0 Å². The fourth-order valence-corrected chi connectivity index (χ4v) is 2.41. The maximum absolute atomic E-state index is 10.8. The first-order chi connectivity index (χ1) is 8.79. The molecule has 0 aliphatic heterocycles. The van der Waals surface area contributed by atoms with Crippen molar-refractivity contribution in [1.29, 1.82) is 0 Å². The summed E-state index contributed by atoms with van der Waals surface area (Å²) in [6.07, 6.45) is 0.148. The summed E-state index contributed by atoms with van der Waals surface area (Å²) in [7, 11) is -3.58. The van der Waals surface area contributed by atoms with Crippen molar-refractivity contribution in [1.82, 2.24) is 5.48 Å². The monoisotopic (exact) mass is 352 g/mol. The lowest BCUT2D eigenvalue weighted by atomic mass is 10.4. The number of hydrogen-bond donors (Lipinski definition) is 3. The number of nitrogens with two attached hydrogens (primary N) is 1. The summed E-state index contributed by atoms with van der Waals surface area (Å²) in [4.78, 5) is 13.5. The van der Waals surface area contributed by atoms with Gasteiger partial charge in [0.05, 0.1) is 4.90 Å². The quantitative estimate of drug-likeness (QED) is 0.428. The molecule has 0 bridgehead atoms. The molecule has 1 aromatic rings. The molecule has 0 aliphatic carbocycles. The Morgan fingerprint density at radius 3 is 2.47 bits per heavy atom. The second kappa shape index (κ2) is 8.64. The molecule has 0 aliphatic rings. The van der Waals surface area contributed by atoms with Crippen molar-refractivity contribution in [2.75, 3.05) is 6.54 Å². The van der Waals surface area contributed by atoms with Gasteiger partial charge in [-0.15, -0.1) is 12.1 Å². The van der Waals surface area contributed by atoms with Crippen molar-refractivity contribution >= 4 is 32.1 Å². The molecule has 0 atom stereocenters. The predicted octanol–water partition coefficient (Wildman–Crippen LogP) is 1.47. The molecular formula is C10H13BrN2O5S. The topological polar surface area (TPSA) is 119 Å². The van der Waals surface area contributed by atoms with Crippen LogP contribution in [0.1, 0.15) is 0 Å². The molecule has 4 N–H and O–H groups in total. The van der Waals surface area contributed by atoms with E-state index in [0.29, 0.717) is 11.0 Å². The highest BCUT2D eigenvalue weighted by molar-refractivity contribution is 9.10. The standard InChI is InChI=1S/C6H6BrNO2S.C4H7NO3/c7-5-3-1-2-4-6(5)11(8,9)10;1-2-3-5-8-4(6)7/h1-4H,(H2,8,9,10);2,5H,1,3H2,(H,6,7). The van der Waals surface area contributed by atoms with Gasteiger partial charge in [0, 0.05) is 11.0 Å². The van der Waals surface area contributed by atoms with E-state index in [0.717, 1.165) is 0 Å². The SMILES string of the molecule is C=CCNOC(=O)O.NS(=O)(=O)c1ccccc1Br. The molecule has 19 heavy (non-hydrogen) atoms. The summed E-state index contributed by atoms with van der Waals surface area (Å²) in [5, 5.41) is 12.7. The third kappa shape index (κ3) is 8.32. The van der Waals surface area contributed by atoms with Crippen molar-refractivity contribution in [3.05, 3.63) is 41.4 Å². The number of halogens is 1. The zero-order valence-electron chi connectivity index (χ0n) is 9.74. The summed E-state index contributed by atoms with van der Waals surface area (Å²) < 4.78 is 22.1. The van der Waals surface area contributed by atoms with Crippen LogP contribution in [-0.4, -0.2) is 26.2 Å². The average molecular weight is 353 g/mol. The number of sulfonamides is 1. The van der Waals surface area contributed by atoms with Gasteiger partial charge in [-0.3, -0.25) is 0 Å². The number of carbonyl (C=O) groups is 1. The smallest absolute Gasteiger partial charge is 0.448 e. The Bertz CT molecular complexity index is 532. The van der Waals surface area contributed by atoms with Gasteiger partial charge in [0.25, 0.3) is 0 Å². The van der Waals surface area contributed by atoms with Crippen molar-refractivity contribution in [3.8, 4) is 0 Å². The molecule has 7 nitrogen and oxygen atoms in total. The van der Waals surface area contributed by atoms with E-state index in [1.807, 2.05) is 0 Å². The summed E-state index contributed by atoms with van der Waals surface area (Å²) in [5.74, 6) is 0. The van der Waals surface area contributed by atoms with Crippen LogP contribution in [0, 0.1) is 0 Å². The maximum Gasteiger partial charge on any atom is 0.525 e. The van der Waals surface area contributed by atoms with E-state index in [-0.39, 0.29) is 4.90 Å². The molecule has 1 rings (SSSR count). The second-order valence-corrected chi connectivity index (χ2v) is 5.36. The molecule has 0 saturated carbocycles. The van der Waals surface area contributed by atoms with Crippen LogP contribution in [-0.2, 0) is 14.9 Å². The lowest BCUT2D eigenvalue weighted by Crippen LogP contribution is -2.17. The zero-order valence-corrected chi connectivity index (χ0v) is 12.1. The van der Waals surface area contributed by atoms with Crippen LogP contribution in [0.5, 0.6) is 0 Å². The largest absolute Gasteiger partial charge is 0.525 e. The van der Waals surface area contributed by atoms with E-state index in [4.69, 9.17) is 10.2 Å². The molecule has 0 spiro atoms. The van der Waals surface area contributed by atoms with Crippen molar-refractivity contribution in [2.45, 2.75) is 4.90 Å². The Labute approximate surface area is 119 Å². The molecule has 106 valence electrons. The summed E-state index contributed by atoms with van der Waals surface area (Å²) >= 11 is 3.07. The van der Waals surface area contributed by atoms with Crippen LogP contribution in [0.2, 0.25) is 0 Å². The minimum atomic E-state index is -3.58. The third-order valence-electron chi connectivity index (χ3n) is 1.53. The first-order valence-corrected chi connectivity index (χ1v) is 7.13. The van der Waals surface area contributed by atoms with Gasteiger partial charge in [0.2, 0.25) is 10.0 Å². The van der Waals surface area contributed by atoms with Gasteiger partial charge in [-0.1, -0.05) is 18.2 Å². The van der Waals surface area contributed by atoms with E-state index in [9.17, 15) is 13.2 Å². The molecular weight excluding hydrogens is 340 g/mol. The molecule has 0 amide bonds. The molecule has 0 fully saturated rings. The molecule has 0 aromatic heterocycles. The normalized spacial score (nSPS) is 10.0. The summed E-state index contributed by atoms with van der Waals surface area (Å²) in [5.41, 5.74) is 2.12. The molecule has 0 saturated heterocycles. The molecule has 0 heterocycles. The summed E-state index contributed by atoms with van der Waals surface area (Å²) in [6, 6.07) is 6.41. The van der Waals surface area contributed by atoms with Crippen molar-refractivity contribution < 1.29 is 23.2 Å². The average Bonchev–Trinajstić information content (AvgIpc) is 2.29. The Morgan fingerprint density at radius 2 is 2.11 bits per heavy atom. The molecule has 1 aromatic carbocycles. The Kier molecular flexibility index (Phi) is 8.00. The zero-order chi connectivity index (χ0) is 14.9. The molecule has 9 heteroatoms. The van der Waals surface area contributed by atoms with E-state index >= 15 is 0 Å². The highest BCUT2D eigenvalue weighted by Crippen LogP contribution is 2.19. The molecule has 0 unspecified atom stereocenters. The first-order valence-electron chi connectivity index (χ1n) is 4.80. The lowest BCUT2D eigenvalue weighted by molar-refractivity contribution is 0.0486. The van der Waals surface area contributed by atoms with Gasteiger partial charge in [-0.2, -0.15) is 0 Å². The number of carboxylic acid groups (broad SMARTS) is 1. The van der Waals surface area contributed by atoms with Crippen molar-refractivity contribution in [2.24, 2.45) is 5.14 Å². The first kappa shape index (κ1) is 17.6. The second-order valence-electron chi connectivity index (χ2n) is 2.98. The fraction of sp³-hybridized carbons (Fsp3) is 0.100. The number of primary sulfonamides is 1. The Morgan fingerprint density at radius 1 is 1.53 bits per heavy atom. The van der Waals surface area contributed by atoms with E-state index in [2.05, 4.69) is 32.8 Å². The lowest BCUT2D eigenvalue weighted by Gasteiger charge is -1.98. The van der Waals surface area contributed by atoms with E-state index in [1.165, 1.54) is 12.1 Å². The van der Waals surface area contributed by atoms with E-state index in [1.54, 1.807) is 18.2 Å². The Hall–Kier alpha value is -1.42. The van der Waals surface area contributed by atoms with Gasteiger partial charge in [-0.05, 0) is 28.1 Å². The van der Waals surface area contributed by atoms with Gasteiger partial charge >= 0.3 is 6.16 Å². The number of rotatable bonds is 4. The number of nitrogens with one attached hydrogen (secondary N) is 1. The van der Waals surface area contributed by atoms with Crippen LogP contribution in [0.3, 0.4) is 0 Å². The maximum atomic E-state index is 10.8. The third-order valence-corrected chi connectivity index (χ3v) is 3.45. The predicted molar refractivity (Wildman–Crippen MR) is 72.8 cm³/mol. The van der Waals surface area contributed by atoms with Crippen LogP contribution in [0.15, 0.2) is 46.3 Å². The highest BCUT2D eigenvalue weighted by Gasteiger charge is 2.09. The minimum Gasteiger partial charge on any atom is -0.448 e. The number of hydroxylamine groups is 1. The fourth-order valence-electron chi connectivity index (χ4n) is 0.838. The minimum absolute atomic E-state index is 0.111. The highest BCUT2D eigenvalue weighted by atomic mass is 79.9. The van der Waals surface area contributed by atoms with Crippen LogP contribution in [0.4, 0.5) is 4.79 Å². The van der Waals surface area contributed by atoms with Crippen LogP contribution < -0.4 is 10.6 Å². The summed E-state index contributed by atoms with van der Waals surface area (Å²) in [6.45, 7) is 3.65. The van der Waals surface area contributed by atoms with Gasteiger partial charge < -0.3 is 9.94 Å². The number of hydrogen-bond acceptors (Lipinski definition) is 5. The van der Waals surface area contributed by atoms with E-state index < -0.39 is 16.2 Å². The van der Waals surface area contributed by atoms with Gasteiger partial charge in [-0.25, -0.2) is 18.4 Å². The van der Waals surface area contributed by atoms with Crippen LogP contribution in [0.25, 0.3) is 0 Å². The molecule has 0 radical (unpaired) electrons.